The van der Waals surface area contributed by atoms with Crippen molar-refractivity contribution >= 4 is 17.3 Å². The molecule has 2 aliphatic rings. The van der Waals surface area contributed by atoms with Gasteiger partial charge in [-0.05, 0) is 31.5 Å². The van der Waals surface area contributed by atoms with Gasteiger partial charge in [0.05, 0.1) is 17.1 Å². The minimum atomic E-state index is -0.442. The molecule has 0 bridgehead atoms. The second kappa shape index (κ2) is 7.47. The number of morpholine rings is 1. The number of rotatable bonds is 5. The second-order valence-corrected chi connectivity index (χ2v) is 6.86. The predicted molar refractivity (Wildman–Crippen MR) is 101 cm³/mol. The van der Waals surface area contributed by atoms with Crippen molar-refractivity contribution in [3.05, 3.63) is 40.2 Å². The SMILES string of the molecule is CC1CN(c2ncnc(NCc3ccc4c(c3)OCO4)c2[N+](=O)[O-])CC(C)O1. The number of anilines is 2. The molecule has 4 rings (SSSR count). The number of nitrogens with zero attached hydrogens (tertiary/aromatic N) is 4. The third kappa shape index (κ3) is 3.63. The lowest BCUT2D eigenvalue weighted by molar-refractivity contribution is -0.383. The van der Waals surface area contributed by atoms with Crippen LogP contribution in [0.1, 0.15) is 19.4 Å². The molecule has 1 aromatic carbocycles. The van der Waals surface area contributed by atoms with Crippen LogP contribution in [0.5, 0.6) is 11.5 Å². The van der Waals surface area contributed by atoms with Gasteiger partial charge in [0.1, 0.15) is 6.33 Å². The lowest BCUT2D eigenvalue weighted by Gasteiger charge is -2.35. The molecule has 10 heteroatoms. The first-order valence-corrected chi connectivity index (χ1v) is 9.03. The molecule has 1 N–H and O–H groups in total. The summed E-state index contributed by atoms with van der Waals surface area (Å²) in [4.78, 5) is 21.5. The van der Waals surface area contributed by atoms with E-state index in [1.807, 2.05) is 36.9 Å². The number of nitrogens with one attached hydrogen (secondary N) is 1. The fourth-order valence-electron chi connectivity index (χ4n) is 3.49. The Morgan fingerprint density at radius 1 is 1.21 bits per heavy atom. The third-order valence-electron chi connectivity index (χ3n) is 4.60. The fraction of sp³-hybridized carbons (Fsp3) is 0.444. The van der Waals surface area contributed by atoms with E-state index in [1.165, 1.54) is 6.33 Å². The van der Waals surface area contributed by atoms with Gasteiger partial charge in [-0.25, -0.2) is 9.97 Å². The summed E-state index contributed by atoms with van der Waals surface area (Å²) in [5.41, 5.74) is 0.761. The van der Waals surface area contributed by atoms with Crippen LogP contribution in [0, 0.1) is 10.1 Å². The van der Waals surface area contributed by atoms with Gasteiger partial charge in [-0.15, -0.1) is 0 Å². The normalized spacial score (nSPS) is 20.9. The van der Waals surface area contributed by atoms with E-state index in [1.54, 1.807) is 0 Å². The molecule has 2 atom stereocenters. The average Bonchev–Trinajstić information content (AvgIpc) is 3.13. The predicted octanol–water partition coefficient (Wildman–Crippen LogP) is 2.34. The Labute approximate surface area is 161 Å². The monoisotopic (exact) mass is 387 g/mol. The molecule has 2 unspecified atom stereocenters. The first-order valence-electron chi connectivity index (χ1n) is 9.03. The van der Waals surface area contributed by atoms with E-state index in [2.05, 4.69) is 15.3 Å². The smallest absolute Gasteiger partial charge is 0.353 e. The number of ether oxygens (including phenoxy) is 3. The summed E-state index contributed by atoms with van der Waals surface area (Å²) in [6, 6.07) is 5.53. The van der Waals surface area contributed by atoms with Gasteiger partial charge in [0.2, 0.25) is 18.4 Å². The number of hydrogen-bond acceptors (Lipinski definition) is 9. The number of nitro groups is 1. The van der Waals surface area contributed by atoms with Gasteiger partial charge in [0.15, 0.2) is 11.5 Å². The Morgan fingerprint density at radius 2 is 1.96 bits per heavy atom. The summed E-state index contributed by atoms with van der Waals surface area (Å²) in [5.74, 6) is 1.83. The molecule has 2 aromatic rings. The molecule has 0 spiro atoms. The number of hydrogen-bond donors (Lipinski definition) is 1. The van der Waals surface area contributed by atoms with E-state index < -0.39 is 4.92 Å². The second-order valence-electron chi connectivity index (χ2n) is 6.86. The first kappa shape index (κ1) is 18.2. The number of fused-ring (bicyclic) bond motifs is 1. The Bertz CT molecular complexity index is 883. The highest BCUT2D eigenvalue weighted by Crippen LogP contribution is 2.35. The summed E-state index contributed by atoms with van der Waals surface area (Å²) in [6.45, 7) is 5.49. The highest BCUT2D eigenvalue weighted by molar-refractivity contribution is 5.70. The minimum Gasteiger partial charge on any atom is -0.454 e. The van der Waals surface area contributed by atoms with Crippen molar-refractivity contribution in [2.45, 2.75) is 32.6 Å². The van der Waals surface area contributed by atoms with Gasteiger partial charge in [-0.3, -0.25) is 10.1 Å². The molecule has 3 heterocycles. The molecule has 1 fully saturated rings. The lowest BCUT2D eigenvalue weighted by Crippen LogP contribution is -2.46. The molecule has 0 aliphatic carbocycles. The van der Waals surface area contributed by atoms with Crippen LogP contribution < -0.4 is 19.7 Å². The maximum Gasteiger partial charge on any atom is 0.353 e. The molecule has 0 saturated carbocycles. The lowest BCUT2D eigenvalue weighted by atomic mass is 10.2. The standard InChI is InChI=1S/C18H21N5O5/c1-11-7-22(8-12(2)28-11)18-16(23(24)25)17(20-9-21-18)19-6-13-3-4-14-15(5-13)27-10-26-14/h3-5,9,11-12H,6-8,10H2,1-2H3,(H,19,20,21). The van der Waals surface area contributed by atoms with E-state index in [4.69, 9.17) is 14.2 Å². The zero-order valence-corrected chi connectivity index (χ0v) is 15.6. The molecular weight excluding hydrogens is 366 g/mol. The van der Waals surface area contributed by atoms with Gasteiger partial charge in [0, 0.05) is 19.6 Å². The summed E-state index contributed by atoms with van der Waals surface area (Å²) in [5, 5.41) is 14.9. The average molecular weight is 387 g/mol. The summed E-state index contributed by atoms with van der Waals surface area (Å²) < 4.78 is 16.4. The van der Waals surface area contributed by atoms with Crippen molar-refractivity contribution in [1.29, 1.82) is 0 Å². The van der Waals surface area contributed by atoms with E-state index in [0.717, 1.165) is 5.56 Å². The topological polar surface area (TPSA) is 112 Å². The van der Waals surface area contributed by atoms with Gasteiger partial charge in [0.25, 0.3) is 0 Å². The molecule has 1 saturated heterocycles. The highest BCUT2D eigenvalue weighted by atomic mass is 16.7. The molecule has 28 heavy (non-hydrogen) atoms. The van der Waals surface area contributed by atoms with Crippen molar-refractivity contribution in [2.75, 3.05) is 30.1 Å². The number of benzene rings is 1. The highest BCUT2D eigenvalue weighted by Gasteiger charge is 2.31. The van der Waals surface area contributed by atoms with Crippen LogP contribution in [-0.4, -0.2) is 47.0 Å². The molecule has 0 amide bonds. The van der Waals surface area contributed by atoms with Crippen LogP contribution in [0.4, 0.5) is 17.3 Å². The summed E-state index contributed by atoms with van der Waals surface area (Å²) in [7, 11) is 0. The maximum atomic E-state index is 11.8. The van der Waals surface area contributed by atoms with Crippen LogP contribution in [0.25, 0.3) is 0 Å². The Kier molecular flexibility index (Phi) is 4.86. The van der Waals surface area contributed by atoms with Crippen LogP contribution >= 0.6 is 0 Å². The van der Waals surface area contributed by atoms with Crippen molar-refractivity contribution in [3.8, 4) is 11.5 Å². The van der Waals surface area contributed by atoms with Gasteiger partial charge in [-0.2, -0.15) is 0 Å². The molecule has 10 nitrogen and oxygen atoms in total. The van der Waals surface area contributed by atoms with Crippen LogP contribution in [0.15, 0.2) is 24.5 Å². The molecule has 1 aromatic heterocycles. The Balaban J connectivity index is 1.58. The largest absolute Gasteiger partial charge is 0.454 e. The Hall–Kier alpha value is -3.14. The number of aromatic nitrogens is 2. The third-order valence-corrected chi connectivity index (χ3v) is 4.60. The van der Waals surface area contributed by atoms with E-state index in [0.29, 0.717) is 37.0 Å². The Morgan fingerprint density at radius 3 is 2.71 bits per heavy atom. The molecule has 148 valence electrons. The van der Waals surface area contributed by atoms with Crippen LogP contribution in [0.3, 0.4) is 0 Å². The first-order chi connectivity index (χ1) is 13.5. The summed E-state index contributed by atoms with van der Waals surface area (Å²) >= 11 is 0. The summed E-state index contributed by atoms with van der Waals surface area (Å²) in [6.07, 6.45) is 1.27. The minimum absolute atomic E-state index is 0.0386. The van der Waals surface area contributed by atoms with Crippen molar-refractivity contribution in [2.24, 2.45) is 0 Å². The van der Waals surface area contributed by atoms with Crippen LogP contribution in [-0.2, 0) is 11.3 Å². The van der Waals surface area contributed by atoms with Gasteiger partial charge < -0.3 is 24.4 Å². The molecular formula is C18H21N5O5. The van der Waals surface area contributed by atoms with Crippen molar-refractivity contribution in [1.82, 2.24) is 9.97 Å². The van der Waals surface area contributed by atoms with E-state index >= 15 is 0 Å². The molecule has 2 aliphatic heterocycles. The maximum absolute atomic E-state index is 11.8. The fourth-order valence-corrected chi connectivity index (χ4v) is 3.49. The van der Waals surface area contributed by atoms with E-state index in [9.17, 15) is 10.1 Å². The zero-order valence-electron chi connectivity index (χ0n) is 15.6. The van der Waals surface area contributed by atoms with Crippen LogP contribution in [0.2, 0.25) is 0 Å². The quantitative estimate of drug-likeness (QED) is 0.610. The van der Waals surface area contributed by atoms with Gasteiger partial charge in [-0.1, -0.05) is 6.07 Å². The van der Waals surface area contributed by atoms with Crippen molar-refractivity contribution < 1.29 is 19.1 Å². The molecule has 0 radical (unpaired) electrons. The van der Waals surface area contributed by atoms with Gasteiger partial charge >= 0.3 is 5.69 Å². The van der Waals surface area contributed by atoms with E-state index in [-0.39, 0.29) is 30.5 Å². The zero-order chi connectivity index (χ0) is 19.7. The van der Waals surface area contributed by atoms with Crippen molar-refractivity contribution in [3.63, 3.8) is 0 Å².